The third-order valence-corrected chi connectivity index (χ3v) is 8.18. The molecule has 3 N–H and O–H groups in total. The van der Waals surface area contributed by atoms with Gasteiger partial charge in [0.1, 0.15) is 6.29 Å². The minimum absolute atomic E-state index is 0.214. The Labute approximate surface area is 182 Å². The first-order valence-electron chi connectivity index (χ1n) is 12.4. The second-order valence-electron chi connectivity index (χ2n) is 10.1. The summed E-state index contributed by atoms with van der Waals surface area (Å²) < 4.78 is 5.52. The fraction of sp³-hybridized carbons (Fsp3) is 0.957. The summed E-state index contributed by atoms with van der Waals surface area (Å²) in [6.07, 6.45) is 10.0. The predicted octanol–water partition coefficient (Wildman–Crippen LogP) is 1.21. The van der Waals surface area contributed by atoms with Gasteiger partial charge in [0.15, 0.2) is 0 Å². The van der Waals surface area contributed by atoms with Crippen LogP contribution in [0, 0.1) is 17.8 Å². The van der Waals surface area contributed by atoms with E-state index in [2.05, 4.69) is 32.8 Å². The number of piperazine rings is 1. The number of hydrogen-bond donors (Lipinski definition) is 3. The van der Waals surface area contributed by atoms with E-state index >= 15 is 0 Å². The minimum Gasteiger partial charge on any atom is -0.381 e. The van der Waals surface area contributed by atoms with E-state index in [0.29, 0.717) is 18.1 Å². The quantitative estimate of drug-likeness (QED) is 0.620. The van der Waals surface area contributed by atoms with Crippen LogP contribution in [0.2, 0.25) is 0 Å². The van der Waals surface area contributed by atoms with Crippen LogP contribution < -0.4 is 16.0 Å². The first kappa shape index (κ1) is 22.5. The molecule has 2 heterocycles. The molecule has 4 aliphatic rings. The van der Waals surface area contributed by atoms with Gasteiger partial charge in [-0.05, 0) is 70.3 Å². The van der Waals surface area contributed by atoms with Crippen molar-refractivity contribution in [2.24, 2.45) is 17.8 Å². The summed E-state index contributed by atoms with van der Waals surface area (Å²) in [6, 6.07) is 0.514. The number of hydrogen-bond acceptors (Lipinski definition) is 6. The van der Waals surface area contributed by atoms with E-state index in [1.54, 1.807) is 0 Å². The third-order valence-electron chi connectivity index (χ3n) is 8.18. The molecule has 0 bridgehead atoms. The van der Waals surface area contributed by atoms with Gasteiger partial charge >= 0.3 is 0 Å². The molecule has 0 aromatic rings. The third kappa shape index (κ3) is 5.74. The van der Waals surface area contributed by atoms with Crippen molar-refractivity contribution in [2.75, 3.05) is 53.4 Å². The van der Waals surface area contributed by atoms with Crippen molar-refractivity contribution in [3.8, 4) is 0 Å². The fourth-order valence-corrected chi connectivity index (χ4v) is 5.96. The highest BCUT2D eigenvalue weighted by molar-refractivity contribution is 5.79. The Morgan fingerprint density at radius 3 is 2.10 bits per heavy atom. The molecular weight excluding hydrogens is 378 g/mol. The zero-order valence-corrected chi connectivity index (χ0v) is 19.1. The Kier molecular flexibility index (Phi) is 8.03. The largest absolute Gasteiger partial charge is 0.381 e. The number of ether oxygens (including phenoxy) is 1. The number of amides is 1. The van der Waals surface area contributed by atoms with E-state index in [9.17, 15) is 4.79 Å². The molecule has 0 atom stereocenters. The number of rotatable bonds is 5. The van der Waals surface area contributed by atoms with Crippen LogP contribution in [0.1, 0.15) is 51.4 Å². The Morgan fingerprint density at radius 1 is 0.867 bits per heavy atom. The average Bonchev–Trinajstić information content (AvgIpc) is 2.80. The van der Waals surface area contributed by atoms with Crippen molar-refractivity contribution in [3.63, 3.8) is 0 Å². The maximum absolute atomic E-state index is 12.8. The monoisotopic (exact) mass is 421 g/mol. The molecule has 4 rings (SSSR count). The zero-order chi connectivity index (χ0) is 20.9. The second-order valence-corrected chi connectivity index (χ2v) is 10.1. The van der Waals surface area contributed by atoms with Crippen molar-refractivity contribution in [1.82, 2.24) is 25.8 Å². The molecular formula is C23H43N5O2. The van der Waals surface area contributed by atoms with Crippen LogP contribution in [0.4, 0.5) is 0 Å². The van der Waals surface area contributed by atoms with Crippen molar-refractivity contribution < 1.29 is 9.53 Å². The summed E-state index contributed by atoms with van der Waals surface area (Å²) in [6.45, 7) is 6.02. The predicted molar refractivity (Wildman–Crippen MR) is 119 cm³/mol. The Bertz CT molecular complexity index is 530. The fourth-order valence-electron chi connectivity index (χ4n) is 5.96. The molecule has 2 aliphatic carbocycles. The molecule has 172 valence electrons. The van der Waals surface area contributed by atoms with Crippen LogP contribution in [0.25, 0.3) is 0 Å². The number of methoxy groups -OCH3 is 1. The van der Waals surface area contributed by atoms with E-state index in [-0.39, 0.29) is 12.2 Å². The minimum atomic E-state index is 0.214. The van der Waals surface area contributed by atoms with E-state index in [1.807, 2.05) is 7.11 Å². The molecule has 7 heteroatoms. The van der Waals surface area contributed by atoms with Crippen molar-refractivity contribution >= 4 is 5.91 Å². The van der Waals surface area contributed by atoms with Crippen LogP contribution >= 0.6 is 0 Å². The van der Waals surface area contributed by atoms with Gasteiger partial charge in [-0.3, -0.25) is 20.7 Å². The molecule has 1 amide bonds. The molecule has 0 spiro atoms. The number of carbonyl (C=O) groups excluding carboxylic acids is 1. The summed E-state index contributed by atoms with van der Waals surface area (Å²) in [7, 11) is 3.99. The Morgan fingerprint density at radius 2 is 1.50 bits per heavy atom. The van der Waals surface area contributed by atoms with Gasteiger partial charge < -0.3 is 14.5 Å². The van der Waals surface area contributed by atoms with Gasteiger partial charge in [0.2, 0.25) is 5.91 Å². The van der Waals surface area contributed by atoms with Crippen LogP contribution in [0.3, 0.4) is 0 Å². The Balaban J connectivity index is 1.13. The maximum atomic E-state index is 12.8. The Hall–Kier alpha value is -0.730. The van der Waals surface area contributed by atoms with Gasteiger partial charge in [-0.1, -0.05) is 0 Å². The average molecular weight is 422 g/mol. The molecule has 0 unspecified atom stereocenters. The summed E-state index contributed by atoms with van der Waals surface area (Å²) in [5.41, 5.74) is 0. The highest BCUT2D eigenvalue weighted by atomic mass is 16.5. The lowest BCUT2D eigenvalue weighted by molar-refractivity contribution is -0.138. The maximum Gasteiger partial charge on any atom is 0.225 e. The van der Waals surface area contributed by atoms with Gasteiger partial charge in [-0.2, -0.15) is 0 Å². The van der Waals surface area contributed by atoms with Gasteiger partial charge in [0.05, 0.1) is 6.10 Å². The van der Waals surface area contributed by atoms with E-state index in [4.69, 9.17) is 4.74 Å². The first-order chi connectivity index (χ1) is 14.6. The lowest BCUT2D eigenvalue weighted by Crippen LogP contribution is -2.63. The number of nitrogens with zero attached hydrogens (tertiary/aromatic N) is 2. The van der Waals surface area contributed by atoms with E-state index in [0.717, 1.165) is 76.8 Å². The summed E-state index contributed by atoms with van der Waals surface area (Å²) >= 11 is 0. The standard InChI is InChI=1S/C23H43N5O2/c1-27-11-13-28(14-12-27)22(29)18-3-7-20(8-4-18)26-23-24-15-19(16-25-23)17-5-9-21(30-2)10-6-17/h17-21,23-26H,3-16H2,1-2H3. The van der Waals surface area contributed by atoms with Gasteiger partial charge in [-0.15, -0.1) is 0 Å². The van der Waals surface area contributed by atoms with E-state index < -0.39 is 0 Å². The van der Waals surface area contributed by atoms with Crippen LogP contribution in [0.15, 0.2) is 0 Å². The van der Waals surface area contributed by atoms with Crippen molar-refractivity contribution in [1.29, 1.82) is 0 Å². The molecule has 0 aromatic heterocycles. The van der Waals surface area contributed by atoms with Gasteiger partial charge in [-0.25, -0.2) is 0 Å². The van der Waals surface area contributed by atoms with E-state index in [1.165, 1.54) is 25.7 Å². The number of carbonyl (C=O) groups is 1. The highest BCUT2D eigenvalue weighted by Gasteiger charge is 2.33. The first-order valence-corrected chi connectivity index (χ1v) is 12.4. The molecule has 2 aliphatic heterocycles. The smallest absolute Gasteiger partial charge is 0.225 e. The lowest BCUT2D eigenvalue weighted by atomic mass is 9.78. The molecule has 7 nitrogen and oxygen atoms in total. The van der Waals surface area contributed by atoms with Crippen molar-refractivity contribution in [3.05, 3.63) is 0 Å². The molecule has 0 radical (unpaired) electrons. The molecule has 2 saturated carbocycles. The van der Waals surface area contributed by atoms with Gasteiger partial charge in [0.25, 0.3) is 0 Å². The summed E-state index contributed by atoms with van der Waals surface area (Å²) in [5, 5.41) is 11.2. The van der Waals surface area contributed by atoms with Crippen LogP contribution in [-0.4, -0.2) is 87.6 Å². The zero-order valence-electron chi connectivity index (χ0n) is 19.1. The van der Waals surface area contributed by atoms with Crippen molar-refractivity contribution in [2.45, 2.75) is 69.8 Å². The number of likely N-dealkylation sites (N-methyl/N-ethyl adjacent to an activating group) is 1. The molecule has 0 aromatic carbocycles. The summed E-state index contributed by atoms with van der Waals surface area (Å²) in [4.78, 5) is 17.2. The molecule has 2 saturated heterocycles. The van der Waals surface area contributed by atoms with Crippen LogP contribution in [-0.2, 0) is 9.53 Å². The topological polar surface area (TPSA) is 68.9 Å². The van der Waals surface area contributed by atoms with Gasteiger partial charge in [0, 0.05) is 58.3 Å². The second kappa shape index (κ2) is 10.7. The SMILES string of the molecule is COC1CCC(C2CNC(NC3CCC(C(=O)N4CCN(C)CC4)CC3)NC2)CC1. The summed E-state index contributed by atoms with van der Waals surface area (Å²) in [5.74, 6) is 2.21. The molecule has 30 heavy (non-hydrogen) atoms. The molecule has 4 fully saturated rings. The number of nitrogens with one attached hydrogen (secondary N) is 3. The normalized spacial score (nSPS) is 39.1. The van der Waals surface area contributed by atoms with Crippen LogP contribution in [0.5, 0.6) is 0 Å². The highest BCUT2D eigenvalue weighted by Crippen LogP contribution is 2.32. The lowest BCUT2D eigenvalue weighted by Gasteiger charge is -2.41.